The lowest BCUT2D eigenvalue weighted by Gasteiger charge is -2.08. The van der Waals surface area contributed by atoms with Crippen molar-refractivity contribution in [1.82, 2.24) is 24.7 Å². The van der Waals surface area contributed by atoms with E-state index in [1.165, 1.54) is 11.1 Å². The van der Waals surface area contributed by atoms with Crippen LogP contribution in [0.1, 0.15) is 22.8 Å². The predicted octanol–water partition coefficient (Wildman–Crippen LogP) is 4.66. The monoisotopic (exact) mass is 412 g/mol. The van der Waals surface area contributed by atoms with Crippen LogP contribution in [0.2, 0.25) is 0 Å². The molecule has 156 valence electrons. The normalized spacial score (nSPS) is 11.3. The molecule has 0 radical (unpaired) electrons. The number of fused-ring (bicyclic) bond motifs is 1. The lowest BCUT2D eigenvalue weighted by molar-refractivity contribution is 0.507. The van der Waals surface area contributed by atoms with Crippen molar-refractivity contribution in [2.24, 2.45) is 7.05 Å². The van der Waals surface area contributed by atoms with Gasteiger partial charge < -0.3 is 14.7 Å². The first-order valence-corrected chi connectivity index (χ1v) is 10.3. The third kappa shape index (κ3) is 4.07. The van der Waals surface area contributed by atoms with Crippen molar-refractivity contribution in [3.8, 4) is 11.1 Å². The fourth-order valence-corrected chi connectivity index (χ4v) is 3.80. The van der Waals surface area contributed by atoms with Gasteiger partial charge in [0.25, 0.3) is 0 Å². The molecular weight excluding hydrogens is 388 g/mol. The standard InChI is InChI=1S/C24H24N6O/c1-16-20(15-30(2)29-16)18-7-5-17(6-8-18)14-26-21-11-12-25-24-23(21)27-22(28-24)10-9-19-4-3-13-31-19/h3-8,11-13,15H,9-10,14H2,1-2H3,(H2,25,26,27,28). The number of imidazole rings is 1. The Labute approximate surface area is 180 Å². The van der Waals surface area contributed by atoms with Crippen LogP contribution in [-0.2, 0) is 26.4 Å². The molecule has 0 fully saturated rings. The molecule has 2 N–H and O–H groups in total. The Morgan fingerprint density at radius 2 is 1.97 bits per heavy atom. The molecule has 0 saturated carbocycles. The van der Waals surface area contributed by atoms with Gasteiger partial charge in [-0.15, -0.1) is 0 Å². The van der Waals surface area contributed by atoms with Crippen LogP contribution in [0, 0.1) is 6.92 Å². The lowest BCUT2D eigenvalue weighted by Crippen LogP contribution is -2.00. The molecule has 0 saturated heterocycles. The van der Waals surface area contributed by atoms with E-state index in [0.717, 1.165) is 52.5 Å². The molecule has 0 aliphatic heterocycles. The summed E-state index contributed by atoms with van der Waals surface area (Å²) in [4.78, 5) is 12.5. The number of rotatable bonds is 7. The van der Waals surface area contributed by atoms with E-state index < -0.39 is 0 Å². The number of furan rings is 1. The summed E-state index contributed by atoms with van der Waals surface area (Å²) in [6.45, 7) is 2.74. The maximum absolute atomic E-state index is 5.41. The van der Waals surface area contributed by atoms with Crippen LogP contribution >= 0.6 is 0 Å². The molecule has 5 aromatic rings. The Morgan fingerprint density at radius 1 is 1.10 bits per heavy atom. The maximum Gasteiger partial charge on any atom is 0.159 e. The van der Waals surface area contributed by atoms with E-state index in [4.69, 9.17) is 9.40 Å². The largest absolute Gasteiger partial charge is 0.469 e. The van der Waals surface area contributed by atoms with Crippen LogP contribution in [0.15, 0.2) is 65.5 Å². The molecule has 7 heteroatoms. The summed E-state index contributed by atoms with van der Waals surface area (Å²) in [6, 6.07) is 14.4. The Balaban J connectivity index is 1.28. The van der Waals surface area contributed by atoms with Gasteiger partial charge in [0, 0.05) is 44.4 Å². The van der Waals surface area contributed by atoms with Crippen molar-refractivity contribution in [1.29, 1.82) is 0 Å². The third-order valence-electron chi connectivity index (χ3n) is 5.38. The molecule has 0 aliphatic rings. The second-order valence-corrected chi connectivity index (χ2v) is 7.67. The molecule has 0 spiro atoms. The van der Waals surface area contributed by atoms with E-state index in [9.17, 15) is 0 Å². The topological polar surface area (TPSA) is 84.6 Å². The first-order valence-electron chi connectivity index (χ1n) is 10.3. The highest BCUT2D eigenvalue weighted by Gasteiger charge is 2.10. The average Bonchev–Trinajstić information content (AvgIpc) is 3.51. The molecule has 4 heterocycles. The van der Waals surface area contributed by atoms with Crippen molar-refractivity contribution in [2.45, 2.75) is 26.3 Å². The van der Waals surface area contributed by atoms with Crippen LogP contribution in [0.5, 0.6) is 0 Å². The molecule has 7 nitrogen and oxygen atoms in total. The van der Waals surface area contributed by atoms with E-state index in [1.807, 2.05) is 36.9 Å². The highest BCUT2D eigenvalue weighted by molar-refractivity contribution is 5.85. The fraction of sp³-hybridized carbons (Fsp3) is 0.208. The lowest BCUT2D eigenvalue weighted by atomic mass is 10.0. The van der Waals surface area contributed by atoms with E-state index in [-0.39, 0.29) is 0 Å². The molecular formula is C24H24N6O. The second-order valence-electron chi connectivity index (χ2n) is 7.67. The number of nitrogens with zero attached hydrogens (tertiary/aromatic N) is 4. The summed E-state index contributed by atoms with van der Waals surface area (Å²) < 4.78 is 7.26. The van der Waals surface area contributed by atoms with Gasteiger partial charge in [0.1, 0.15) is 17.1 Å². The summed E-state index contributed by atoms with van der Waals surface area (Å²) in [5.74, 6) is 1.86. The molecule has 0 aliphatic carbocycles. The molecule has 1 aromatic carbocycles. The highest BCUT2D eigenvalue weighted by atomic mass is 16.3. The molecule has 4 aromatic heterocycles. The van der Waals surface area contributed by atoms with Crippen LogP contribution in [-0.4, -0.2) is 24.7 Å². The fourth-order valence-electron chi connectivity index (χ4n) is 3.80. The molecule has 0 amide bonds. The summed E-state index contributed by atoms with van der Waals surface area (Å²) in [5.41, 5.74) is 7.20. The second kappa shape index (κ2) is 8.10. The summed E-state index contributed by atoms with van der Waals surface area (Å²) in [5, 5.41) is 7.93. The Bertz CT molecular complexity index is 1300. The van der Waals surface area contributed by atoms with E-state index in [0.29, 0.717) is 6.54 Å². The van der Waals surface area contributed by atoms with Crippen molar-refractivity contribution in [3.63, 3.8) is 0 Å². The van der Waals surface area contributed by atoms with Gasteiger partial charge in [0.05, 0.1) is 17.6 Å². The van der Waals surface area contributed by atoms with Crippen molar-refractivity contribution >= 4 is 16.9 Å². The summed E-state index contributed by atoms with van der Waals surface area (Å²) in [7, 11) is 1.95. The number of aromatic nitrogens is 5. The first-order chi connectivity index (χ1) is 15.2. The van der Waals surface area contributed by atoms with Crippen LogP contribution in [0.3, 0.4) is 0 Å². The number of H-pyrrole nitrogens is 1. The number of hydrogen-bond acceptors (Lipinski definition) is 5. The van der Waals surface area contributed by atoms with Crippen molar-refractivity contribution in [2.75, 3.05) is 5.32 Å². The number of aryl methyl sites for hydroxylation is 4. The van der Waals surface area contributed by atoms with Crippen LogP contribution in [0.4, 0.5) is 5.69 Å². The molecule has 0 unspecified atom stereocenters. The van der Waals surface area contributed by atoms with Crippen molar-refractivity contribution in [3.05, 3.63) is 84.0 Å². The zero-order valence-electron chi connectivity index (χ0n) is 17.6. The van der Waals surface area contributed by atoms with Gasteiger partial charge in [-0.2, -0.15) is 5.10 Å². The quantitative estimate of drug-likeness (QED) is 0.406. The number of pyridine rings is 1. The van der Waals surface area contributed by atoms with E-state index in [2.05, 4.69) is 50.8 Å². The van der Waals surface area contributed by atoms with Gasteiger partial charge in [-0.05, 0) is 36.2 Å². The summed E-state index contributed by atoms with van der Waals surface area (Å²) >= 11 is 0. The van der Waals surface area contributed by atoms with Crippen molar-refractivity contribution < 1.29 is 4.42 Å². The van der Waals surface area contributed by atoms with Gasteiger partial charge in [-0.3, -0.25) is 4.68 Å². The SMILES string of the molecule is Cc1nn(C)cc1-c1ccc(CNc2ccnc3[nH]c(CCc4ccco4)nc23)cc1. The van der Waals surface area contributed by atoms with E-state index in [1.54, 1.807) is 12.5 Å². The smallest absolute Gasteiger partial charge is 0.159 e. The predicted molar refractivity (Wildman–Crippen MR) is 121 cm³/mol. The molecule has 5 rings (SSSR count). The minimum Gasteiger partial charge on any atom is -0.469 e. The molecule has 0 bridgehead atoms. The minimum atomic E-state index is 0.708. The Morgan fingerprint density at radius 3 is 2.71 bits per heavy atom. The molecule has 0 atom stereocenters. The zero-order chi connectivity index (χ0) is 21.2. The maximum atomic E-state index is 5.41. The van der Waals surface area contributed by atoms with Gasteiger partial charge >= 0.3 is 0 Å². The van der Waals surface area contributed by atoms with E-state index >= 15 is 0 Å². The van der Waals surface area contributed by atoms with Gasteiger partial charge in [-0.25, -0.2) is 9.97 Å². The Kier molecular flexibility index (Phi) is 5.00. The summed E-state index contributed by atoms with van der Waals surface area (Å²) in [6.07, 6.45) is 7.13. The number of hydrogen-bond donors (Lipinski definition) is 2. The highest BCUT2D eigenvalue weighted by Crippen LogP contribution is 2.24. The average molecular weight is 412 g/mol. The molecule has 31 heavy (non-hydrogen) atoms. The number of aromatic amines is 1. The van der Waals surface area contributed by atoms with Gasteiger partial charge in [0.15, 0.2) is 5.65 Å². The number of benzene rings is 1. The third-order valence-corrected chi connectivity index (χ3v) is 5.38. The number of anilines is 1. The van der Waals surface area contributed by atoms with Crippen LogP contribution < -0.4 is 5.32 Å². The zero-order valence-corrected chi connectivity index (χ0v) is 17.6. The number of nitrogens with one attached hydrogen (secondary N) is 2. The van der Waals surface area contributed by atoms with Gasteiger partial charge in [-0.1, -0.05) is 24.3 Å². The Hall–Kier alpha value is -3.87. The van der Waals surface area contributed by atoms with Gasteiger partial charge in [0.2, 0.25) is 0 Å². The van der Waals surface area contributed by atoms with Crippen LogP contribution in [0.25, 0.3) is 22.3 Å². The first kappa shape index (κ1) is 19.1. The minimum absolute atomic E-state index is 0.708.